The lowest BCUT2D eigenvalue weighted by molar-refractivity contribution is 0.302. The summed E-state index contributed by atoms with van der Waals surface area (Å²) in [7, 11) is 0. The van der Waals surface area contributed by atoms with Gasteiger partial charge in [0.05, 0.1) is 0 Å². The van der Waals surface area contributed by atoms with Crippen molar-refractivity contribution in [2.24, 2.45) is 0 Å². The first-order valence-electron chi connectivity index (χ1n) is 8.07. The zero-order valence-electron chi connectivity index (χ0n) is 13.9. The number of halogens is 3. The molecule has 1 heterocycles. The van der Waals surface area contributed by atoms with Crippen molar-refractivity contribution in [2.45, 2.75) is 19.7 Å². The second-order valence-electron chi connectivity index (χ2n) is 5.71. The number of nitrogens with one attached hydrogen (secondary N) is 1. The predicted octanol–water partition coefficient (Wildman–Crippen LogP) is 5.91. The molecule has 0 saturated heterocycles. The fourth-order valence-corrected chi connectivity index (χ4v) is 3.19. The molecular weight excluding hydrogens is 391 g/mol. The van der Waals surface area contributed by atoms with Gasteiger partial charge in [0, 0.05) is 51.7 Å². The summed E-state index contributed by atoms with van der Waals surface area (Å²) in [6.07, 6.45) is 3.59. The highest BCUT2D eigenvalue weighted by molar-refractivity contribution is 6.36. The summed E-state index contributed by atoms with van der Waals surface area (Å²) in [4.78, 5) is 4.11. The standard InChI is InChI=1S/C20H17Cl3N2O/c21-16-6-7-20(26-13-17-18(22)4-1-5-19(17)23)15(9-16)12-25-11-14-3-2-8-24-10-14/h1-10,25H,11-13H2. The molecule has 0 amide bonds. The summed E-state index contributed by atoms with van der Waals surface area (Å²) < 4.78 is 5.96. The third-order valence-electron chi connectivity index (χ3n) is 3.82. The van der Waals surface area contributed by atoms with Gasteiger partial charge in [-0.15, -0.1) is 0 Å². The maximum absolute atomic E-state index is 6.21. The molecule has 26 heavy (non-hydrogen) atoms. The Morgan fingerprint density at radius 2 is 1.73 bits per heavy atom. The van der Waals surface area contributed by atoms with Crippen molar-refractivity contribution in [3.05, 3.63) is 92.7 Å². The quantitative estimate of drug-likeness (QED) is 0.528. The van der Waals surface area contributed by atoms with Gasteiger partial charge in [0.1, 0.15) is 12.4 Å². The molecule has 0 atom stereocenters. The van der Waals surface area contributed by atoms with E-state index in [4.69, 9.17) is 39.5 Å². The normalized spacial score (nSPS) is 10.7. The van der Waals surface area contributed by atoms with Gasteiger partial charge in [0.25, 0.3) is 0 Å². The van der Waals surface area contributed by atoms with E-state index in [1.807, 2.05) is 36.5 Å². The maximum Gasteiger partial charge on any atom is 0.124 e. The number of pyridine rings is 1. The van der Waals surface area contributed by atoms with Crippen molar-refractivity contribution in [1.29, 1.82) is 0 Å². The van der Waals surface area contributed by atoms with Gasteiger partial charge in [0.15, 0.2) is 0 Å². The molecule has 0 bridgehead atoms. The molecule has 0 spiro atoms. The Bertz CT molecular complexity index is 852. The Balaban J connectivity index is 1.67. The Labute approximate surface area is 167 Å². The lowest BCUT2D eigenvalue weighted by Crippen LogP contribution is -2.14. The molecule has 1 aromatic heterocycles. The van der Waals surface area contributed by atoms with Gasteiger partial charge in [-0.2, -0.15) is 0 Å². The number of hydrogen-bond acceptors (Lipinski definition) is 3. The summed E-state index contributed by atoms with van der Waals surface area (Å²) >= 11 is 18.6. The van der Waals surface area contributed by atoms with Crippen LogP contribution in [0.5, 0.6) is 5.75 Å². The number of rotatable bonds is 7. The Morgan fingerprint density at radius 1 is 0.923 bits per heavy atom. The van der Waals surface area contributed by atoms with Crippen LogP contribution in [-0.4, -0.2) is 4.98 Å². The van der Waals surface area contributed by atoms with Crippen LogP contribution in [0.3, 0.4) is 0 Å². The SMILES string of the molecule is Clc1ccc(OCc2c(Cl)cccc2Cl)c(CNCc2cccnc2)c1. The minimum Gasteiger partial charge on any atom is -0.488 e. The van der Waals surface area contributed by atoms with E-state index in [0.717, 1.165) is 22.4 Å². The Morgan fingerprint density at radius 3 is 2.46 bits per heavy atom. The van der Waals surface area contributed by atoms with Gasteiger partial charge in [-0.3, -0.25) is 4.98 Å². The highest BCUT2D eigenvalue weighted by atomic mass is 35.5. The molecule has 1 N–H and O–H groups in total. The predicted molar refractivity (Wildman–Crippen MR) is 107 cm³/mol. The number of hydrogen-bond donors (Lipinski definition) is 1. The largest absolute Gasteiger partial charge is 0.488 e. The highest BCUT2D eigenvalue weighted by Gasteiger charge is 2.09. The van der Waals surface area contributed by atoms with E-state index >= 15 is 0 Å². The molecule has 0 radical (unpaired) electrons. The van der Waals surface area contributed by atoms with E-state index in [0.29, 0.717) is 28.2 Å². The number of benzene rings is 2. The smallest absolute Gasteiger partial charge is 0.124 e. The summed E-state index contributed by atoms with van der Waals surface area (Å²) in [6, 6.07) is 14.9. The average molecular weight is 408 g/mol. The van der Waals surface area contributed by atoms with E-state index in [-0.39, 0.29) is 6.61 Å². The number of aromatic nitrogens is 1. The van der Waals surface area contributed by atoms with Crippen molar-refractivity contribution in [2.75, 3.05) is 0 Å². The molecule has 2 aromatic carbocycles. The first kappa shape index (κ1) is 19.0. The first-order valence-corrected chi connectivity index (χ1v) is 9.20. The maximum atomic E-state index is 6.21. The van der Waals surface area contributed by atoms with Crippen LogP contribution in [0.1, 0.15) is 16.7 Å². The lowest BCUT2D eigenvalue weighted by Gasteiger charge is -2.14. The van der Waals surface area contributed by atoms with Crippen LogP contribution >= 0.6 is 34.8 Å². The molecule has 0 aliphatic heterocycles. The lowest BCUT2D eigenvalue weighted by atomic mass is 10.2. The van der Waals surface area contributed by atoms with E-state index in [9.17, 15) is 0 Å². The third-order valence-corrected chi connectivity index (χ3v) is 4.77. The van der Waals surface area contributed by atoms with Crippen molar-refractivity contribution in [3.8, 4) is 5.75 Å². The minimum absolute atomic E-state index is 0.287. The fourth-order valence-electron chi connectivity index (χ4n) is 2.49. The summed E-state index contributed by atoms with van der Waals surface area (Å²) in [6.45, 7) is 1.60. The topological polar surface area (TPSA) is 34.1 Å². The molecule has 134 valence electrons. The number of ether oxygens (including phenoxy) is 1. The average Bonchev–Trinajstić information content (AvgIpc) is 2.64. The molecule has 0 saturated carbocycles. The zero-order chi connectivity index (χ0) is 18.4. The van der Waals surface area contributed by atoms with Crippen LogP contribution in [0.2, 0.25) is 15.1 Å². The van der Waals surface area contributed by atoms with Crippen LogP contribution in [-0.2, 0) is 19.7 Å². The van der Waals surface area contributed by atoms with Gasteiger partial charge < -0.3 is 10.1 Å². The molecule has 6 heteroatoms. The van der Waals surface area contributed by atoms with Gasteiger partial charge in [-0.1, -0.05) is 46.9 Å². The highest BCUT2D eigenvalue weighted by Crippen LogP contribution is 2.28. The van der Waals surface area contributed by atoms with Crippen LogP contribution in [0.15, 0.2) is 60.9 Å². The van der Waals surface area contributed by atoms with Crippen molar-refractivity contribution in [3.63, 3.8) is 0 Å². The van der Waals surface area contributed by atoms with E-state index in [1.165, 1.54) is 0 Å². The van der Waals surface area contributed by atoms with Gasteiger partial charge in [-0.05, 0) is 42.0 Å². The molecule has 3 aromatic rings. The second kappa shape index (κ2) is 9.24. The Kier molecular flexibility index (Phi) is 6.75. The monoisotopic (exact) mass is 406 g/mol. The van der Waals surface area contributed by atoms with Crippen LogP contribution in [0.4, 0.5) is 0 Å². The van der Waals surface area contributed by atoms with Crippen LogP contribution < -0.4 is 10.1 Å². The van der Waals surface area contributed by atoms with Crippen molar-refractivity contribution >= 4 is 34.8 Å². The van der Waals surface area contributed by atoms with Gasteiger partial charge in [0.2, 0.25) is 0 Å². The Hall–Kier alpha value is -1.78. The molecule has 0 unspecified atom stereocenters. The summed E-state index contributed by atoms with van der Waals surface area (Å²) in [5.41, 5.74) is 2.84. The molecule has 0 fully saturated rings. The molecule has 0 aliphatic rings. The van der Waals surface area contributed by atoms with Gasteiger partial charge >= 0.3 is 0 Å². The zero-order valence-corrected chi connectivity index (χ0v) is 16.2. The first-order chi connectivity index (χ1) is 12.6. The molecule has 3 nitrogen and oxygen atoms in total. The summed E-state index contributed by atoms with van der Waals surface area (Å²) in [5, 5.41) is 5.21. The molecule has 3 rings (SSSR count). The molecular formula is C20H17Cl3N2O. The second-order valence-corrected chi connectivity index (χ2v) is 6.96. The van der Waals surface area contributed by atoms with E-state index < -0.39 is 0 Å². The number of nitrogens with zero attached hydrogens (tertiary/aromatic N) is 1. The van der Waals surface area contributed by atoms with Gasteiger partial charge in [-0.25, -0.2) is 0 Å². The van der Waals surface area contributed by atoms with Crippen LogP contribution in [0.25, 0.3) is 0 Å². The van der Waals surface area contributed by atoms with E-state index in [2.05, 4.69) is 10.3 Å². The third kappa shape index (κ3) is 5.12. The fraction of sp³-hybridized carbons (Fsp3) is 0.150. The van der Waals surface area contributed by atoms with E-state index in [1.54, 1.807) is 24.4 Å². The minimum atomic E-state index is 0.287. The molecule has 0 aliphatic carbocycles. The van der Waals surface area contributed by atoms with Crippen molar-refractivity contribution < 1.29 is 4.74 Å². The van der Waals surface area contributed by atoms with Crippen molar-refractivity contribution in [1.82, 2.24) is 10.3 Å². The summed E-state index contributed by atoms with van der Waals surface area (Å²) in [5.74, 6) is 0.740. The van der Waals surface area contributed by atoms with Crippen LogP contribution in [0, 0.1) is 0 Å².